The number of hydrogen-bond donors (Lipinski definition) is 1. The van der Waals surface area contributed by atoms with E-state index in [1.54, 1.807) is 42.5 Å². The first-order valence-electron chi connectivity index (χ1n) is 9.34. The minimum absolute atomic E-state index is 0.0630. The average Bonchev–Trinajstić information content (AvgIpc) is 2.79. The van der Waals surface area contributed by atoms with Gasteiger partial charge in [-0.15, -0.1) is 0 Å². The second-order valence-electron chi connectivity index (χ2n) is 6.65. The zero-order valence-electron chi connectivity index (χ0n) is 16.6. The Hall–Kier alpha value is -3.52. The summed E-state index contributed by atoms with van der Waals surface area (Å²) in [6, 6.07) is 19.0. The summed E-state index contributed by atoms with van der Waals surface area (Å²) in [7, 11) is -2.75. The Balaban J connectivity index is 1.92. The van der Waals surface area contributed by atoms with Crippen LogP contribution in [0.2, 0.25) is 0 Å². The molecule has 0 heterocycles. The number of esters is 1. The number of rotatable bonds is 7. The van der Waals surface area contributed by atoms with Gasteiger partial charge in [-0.05, 0) is 42.0 Å². The largest absolute Gasteiger partial charge is 0.465 e. The van der Waals surface area contributed by atoms with Crippen LogP contribution in [0.1, 0.15) is 31.5 Å². The molecular formula is C23H20FNO5S. The molecule has 31 heavy (non-hydrogen) atoms. The predicted molar refractivity (Wildman–Crippen MR) is 113 cm³/mol. The van der Waals surface area contributed by atoms with Crippen LogP contribution in [0.15, 0.2) is 83.8 Å². The van der Waals surface area contributed by atoms with E-state index in [9.17, 15) is 22.4 Å². The highest BCUT2D eigenvalue weighted by molar-refractivity contribution is 7.91. The van der Waals surface area contributed by atoms with Gasteiger partial charge in [0.05, 0.1) is 23.1 Å². The van der Waals surface area contributed by atoms with Gasteiger partial charge in [-0.2, -0.15) is 0 Å². The zero-order valence-corrected chi connectivity index (χ0v) is 17.4. The van der Waals surface area contributed by atoms with E-state index < -0.39 is 32.8 Å². The summed E-state index contributed by atoms with van der Waals surface area (Å²) >= 11 is 0. The quantitative estimate of drug-likeness (QED) is 0.447. The van der Waals surface area contributed by atoms with Gasteiger partial charge in [-0.25, -0.2) is 17.6 Å². The number of ether oxygens (including phenoxy) is 1. The second kappa shape index (κ2) is 9.53. The van der Waals surface area contributed by atoms with Crippen LogP contribution in [0.25, 0.3) is 0 Å². The summed E-state index contributed by atoms with van der Waals surface area (Å²) in [5.41, 5.74) is 0.605. The van der Waals surface area contributed by atoms with Gasteiger partial charge in [0.15, 0.2) is 9.84 Å². The van der Waals surface area contributed by atoms with Gasteiger partial charge in [-0.1, -0.05) is 42.5 Å². The number of benzene rings is 3. The molecule has 1 amide bonds. The number of carbonyl (C=O) groups excluding carboxylic acids is 2. The average molecular weight is 441 g/mol. The Morgan fingerprint density at radius 1 is 0.903 bits per heavy atom. The molecule has 1 N–H and O–H groups in total. The van der Waals surface area contributed by atoms with E-state index in [4.69, 9.17) is 4.74 Å². The van der Waals surface area contributed by atoms with E-state index in [-0.39, 0.29) is 22.6 Å². The van der Waals surface area contributed by atoms with Gasteiger partial charge in [-0.3, -0.25) is 4.79 Å². The van der Waals surface area contributed by atoms with Crippen molar-refractivity contribution in [1.82, 2.24) is 5.32 Å². The molecule has 0 fully saturated rings. The third-order valence-corrected chi connectivity index (χ3v) is 6.83. The van der Waals surface area contributed by atoms with Crippen molar-refractivity contribution in [2.45, 2.75) is 10.1 Å². The fourth-order valence-electron chi connectivity index (χ4n) is 3.11. The lowest BCUT2D eigenvalue weighted by atomic mass is 10.1. The topological polar surface area (TPSA) is 89.5 Å². The van der Waals surface area contributed by atoms with Crippen LogP contribution in [0.4, 0.5) is 4.39 Å². The molecule has 0 aromatic heterocycles. The third-order valence-electron chi connectivity index (χ3n) is 4.71. The summed E-state index contributed by atoms with van der Waals surface area (Å²) < 4.78 is 44.5. The lowest BCUT2D eigenvalue weighted by Gasteiger charge is -2.19. The van der Waals surface area contributed by atoms with Crippen molar-refractivity contribution in [2.24, 2.45) is 0 Å². The summed E-state index contributed by atoms with van der Waals surface area (Å²) in [6.45, 7) is -0.252. The SMILES string of the molecule is COC(=O)c1ccccc1C(=O)NCC(c1ccccc1)S(=O)(=O)c1ccc(F)cc1. The van der Waals surface area contributed by atoms with E-state index in [1.807, 2.05) is 0 Å². The Bertz CT molecular complexity index is 1180. The highest BCUT2D eigenvalue weighted by Crippen LogP contribution is 2.28. The molecule has 0 aliphatic carbocycles. The van der Waals surface area contributed by atoms with Crippen molar-refractivity contribution in [1.29, 1.82) is 0 Å². The third kappa shape index (κ3) is 4.97. The van der Waals surface area contributed by atoms with Crippen LogP contribution < -0.4 is 5.32 Å². The van der Waals surface area contributed by atoms with Gasteiger partial charge >= 0.3 is 5.97 Å². The van der Waals surface area contributed by atoms with Crippen molar-refractivity contribution in [2.75, 3.05) is 13.7 Å². The smallest absolute Gasteiger partial charge is 0.338 e. The van der Waals surface area contributed by atoms with Crippen molar-refractivity contribution < 1.29 is 27.1 Å². The second-order valence-corrected chi connectivity index (χ2v) is 8.78. The summed E-state index contributed by atoms with van der Waals surface area (Å²) in [5, 5.41) is 1.49. The number of amides is 1. The molecule has 0 saturated carbocycles. The number of nitrogens with one attached hydrogen (secondary N) is 1. The van der Waals surface area contributed by atoms with E-state index >= 15 is 0 Å². The van der Waals surface area contributed by atoms with Crippen LogP contribution >= 0.6 is 0 Å². The van der Waals surface area contributed by atoms with Crippen molar-refractivity contribution in [3.05, 3.63) is 101 Å². The zero-order chi connectivity index (χ0) is 22.4. The maximum Gasteiger partial charge on any atom is 0.338 e. The standard InChI is InChI=1S/C23H20FNO5S/c1-30-23(27)20-10-6-5-9-19(20)22(26)25-15-21(16-7-3-2-4-8-16)31(28,29)18-13-11-17(24)12-14-18/h2-14,21H,15H2,1H3,(H,25,26). The van der Waals surface area contributed by atoms with E-state index in [2.05, 4.69) is 5.32 Å². The van der Waals surface area contributed by atoms with Crippen LogP contribution in [0.3, 0.4) is 0 Å². The van der Waals surface area contributed by atoms with Crippen LogP contribution in [0.5, 0.6) is 0 Å². The molecule has 3 rings (SSSR count). The molecule has 0 saturated heterocycles. The first-order chi connectivity index (χ1) is 14.8. The monoisotopic (exact) mass is 441 g/mol. The minimum Gasteiger partial charge on any atom is -0.465 e. The van der Waals surface area contributed by atoms with Crippen LogP contribution in [-0.4, -0.2) is 33.9 Å². The maximum absolute atomic E-state index is 13.3. The molecule has 8 heteroatoms. The molecule has 0 radical (unpaired) electrons. The molecule has 1 unspecified atom stereocenters. The molecule has 0 aliphatic heterocycles. The summed E-state index contributed by atoms with van der Waals surface area (Å²) in [5.74, 6) is -1.84. The lowest BCUT2D eigenvalue weighted by Crippen LogP contribution is -2.32. The van der Waals surface area contributed by atoms with Crippen molar-refractivity contribution >= 4 is 21.7 Å². The van der Waals surface area contributed by atoms with Gasteiger partial charge < -0.3 is 10.1 Å². The summed E-state index contributed by atoms with van der Waals surface area (Å²) in [4.78, 5) is 24.6. The molecular weight excluding hydrogens is 421 g/mol. The number of methoxy groups -OCH3 is 1. The normalized spacial score (nSPS) is 12.1. The summed E-state index contributed by atoms with van der Waals surface area (Å²) in [6.07, 6.45) is 0. The Morgan fingerprint density at radius 2 is 1.48 bits per heavy atom. The molecule has 1 atom stereocenters. The first-order valence-corrected chi connectivity index (χ1v) is 10.9. The van der Waals surface area contributed by atoms with E-state index in [1.165, 1.54) is 31.4 Å². The van der Waals surface area contributed by atoms with E-state index in [0.29, 0.717) is 5.56 Å². The molecule has 0 aliphatic rings. The molecule has 6 nitrogen and oxygen atoms in total. The molecule has 0 spiro atoms. The van der Waals surface area contributed by atoms with Gasteiger partial charge in [0.2, 0.25) is 0 Å². The maximum atomic E-state index is 13.3. The van der Waals surface area contributed by atoms with Gasteiger partial charge in [0, 0.05) is 6.54 Å². The molecule has 3 aromatic rings. The highest BCUT2D eigenvalue weighted by Gasteiger charge is 2.30. The van der Waals surface area contributed by atoms with Crippen LogP contribution in [0, 0.1) is 5.82 Å². The predicted octanol–water partition coefficient (Wildman–Crippen LogP) is 3.56. The number of hydrogen-bond acceptors (Lipinski definition) is 5. The fraction of sp³-hybridized carbons (Fsp3) is 0.130. The molecule has 160 valence electrons. The van der Waals surface area contributed by atoms with Crippen molar-refractivity contribution in [3.63, 3.8) is 0 Å². The van der Waals surface area contributed by atoms with Crippen LogP contribution in [-0.2, 0) is 14.6 Å². The minimum atomic E-state index is -3.95. The Morgan fingerprint density at radius 3 is 2.10 bits per heavy atom. The first kappa shape index (κ1) is 22.2. The van der Waals surface area contributed by atoms with Crippen molar-refractivity contribution in [3.8, 4) is 0 Å². The highest BCUT2D eigenvalue weighted by atomic mass is 32.2. The molecule has 3 aromatic carbocycles. The Labute approximate surface area is 179 Å². The van der Waals surface area contributed by atoms with E-state index in [0.717, 1.165) is 12.1 Å². The lowest BCUT2D eigenvalue weighted by molar-refractivity contribution is 0.0596. The number of halogens is 1. The van der Waals surface area contributed by atoms with Gasteiger partial charge in [0.25, 0.3) is 5.91 Å². The molecule has 0 bridgehead atoms. The van der Waals surface area contributed by atoms with Gasteiger partial charge in [0.1, 0.15) is 11.1 Å². The number of sulfone groups is 1. The number of carbonyl (C=O) groups is 2. The Kier molecular flexibility index (Phi) is 6.81. The fourth-order valence-corrected chi connectivity index (χ4v) is 4.77.